The molecule has 1 N–H and O–H groups in total. The number of aryl methyl sites for hydroxylation is 1. The SMILES string of the molecule is Cc1ccc([N+](=O)[O-])cc1NC(=O)c1cccnc1OC1CCSC1. The first-order chi connectivity index (χ1) is 12.0. The molecule has 1 unspecified atom stereocenters. The number of hydrogen-bond donors (Lipinski definition) is 1. The van der Waals surface area contributed by atoms with Crippen LogP contribution in [0.2, 0.25) is 0 Å². The summed E-state index contributed by atoms with van der Waals surface area (Å²) >= 11 is 1.81. The number of non-ortho nitro benzene ring substituents is 1. The van der Waals surface area contributed by atoms with Gasteiger partial charge >= 0.3 is 0 Å². The number of carbonyl (C=O) groups is 1. The summed E-state index contributed by atoms with van der Waals surface area (Å²) in [5.41, 5.74) is 1.36. The number of nitrogens with zero attached hydrogens (tertiary/aromatic N) is 2. The van der Waals surface area contributed by atoms with Gasteiger partial charge in [-0.15, -0.1) is 0 Å². The standard InChI is InChI=1S/C17H17N3O4S/c1-11-4-5-12(20(22)23)9-15(11)19-16(21)14-3-2-7-18-17(14)24-13-6-8-25-10-13/h2-5,7,9,13H,6,8,10H2,1H3,(H,19,21). The van der Waals surface area contributed by atoms with Crippen molar-refractivity contribution in [1.82, 2.24) is 4.98 Å². The highest BCUT2D eigenvalue weighted by Gasteiger charge is 2.22. The summed E-state index contributed by atoms with van der Waals surface area (Å²) in [7, 11) is 0. The average Bonchev–Trinajstić information content (AvgIpc) is 3.10. The Morgan fingerprint density at radius 2 is 2.28 bits per heavy atom. The second-order valence-electron chi connectivity index (χ2n) is 5.67. The number of amides is 1. The Labute approximate surface area is 148 Å². The van der Waals surface area contributed by atoms with E-state index in [1.54, 1.807) is 31.3 Å². The summed E-state index contributed by atoms with van der Waals surface area (Å²) in [5, 5.41) is 13.6. The molecule has 0 spiro atoms. The van der Waals surface area contributed by atoms with Crippen molar-refractivity contribution in [2.45, 2.75) is 19.4 Å². The number of nitro groups is 1. The van der Waals surface area contributed by atoms with Crippen molar-refractivity contribution in [2.24, 2.45) is 0 Å². The lowest BCUT2D eigenvalue weighted by atomic mass is 10.1. The van der Waals surface area contributed by atoms with E-state index in [1.807, 2.05) is 11.8 Å². The third kappa shape index (κ3) is 4.08. The Bertz CT molecular complexity index is 806. The number of hydrogen-bond acceptors (Lipinski definition) is 6. The fraction of sp³-hybridized carbons (Fsp3) is 0.294. The molecule has 2 aromatic rings. The molecule has 1 atom stereocenters. The second kappa shape index (κ2) is 7.52. The van der Waals surface area contributed by atoms with Gasteiger partial charge in [0.05, 0.1) is 10.6 Å². The van der Waals surface area contributed by atoms with Crippen molar-refractivity contribution in [2.75, 3.05) is 16.8 Å². The topological polar surface area (TPSA) is 94.4 Å². The number of nitro benzene ring substituents is 1. The summed E-state index contributed by atoms with van der Waals surface area (Å²) < 4.78 is 5.86. The predicted molar refractivity (Wildman–Crippen MR) is 96.4 cm³/mol. The highest BCUT2D eigenvalue weighted by molar-refractivity contribution is 7.99. The zero-order valence-electron chi connectivity index (χ0n) is 13.6. The van der Waals surface area contributed by atoms with Gasteiger partial charge in [0.1, 0.15) is 11.7 Å². The second-order valence-corrected chi connectivity index (χ2v) is 6.82. The quantitative estimate of drug-likeness (QED) is 0.649. The molecule has 1 aromatic heterocycles. The molecule has 0 radical (unpaired) electrons. The largest absolute Gasteiger partial charge is 0.473 e. The van der Waals surface area contributed by atoms with Crippen molar-refractivity contribution in [1.29, 1.82) is 0 Å². The number of carbonyl (C=O) groups excluding carboxylic acids is 1. The van der Waals surface area contributed by atoms with Crippen molar-refractivity contribution in [3.05, 3.63) is 57.8 Å². The molecule has 8 heteroatoms. The minimum atomic E-state index is -0.495. The van der Waals surface area contributed by atoms with Crippen LogP contribution in [0.25, 0.3) is 0 Å². The van der Waals surface area contributed by atoms with Gasteiger partial charge in [0, 0.05) is 24.1 Å². The number of anilines is 1. The van der Waals surface area contributed by atoms with E-state index in [4.69, 9.17) is 4.74 Å². The van der Waals surface area contributed by atoms with E-state index in [9.17, 15) is 14.9 Å². The molecule has 1 saturated heterocycles. The molecule has 1 aliphatic rings. The molecule has 1 amide bonds. The number of aromatic nitrogens is 1. The molecule has 3 rings (SSSR count). The number of pyridine rings is 1. The van der Waals surface area contributed by atoms with Crippen LogP contribution in [0.15, 0.2) is 36.5 Å². The first-order valence-corrected chi connectivity index (χ1v) is 8.96. The maximum absolute atomic E-state index is 12.6. The van der Waals surface area contributed by atoms with Gasteiger partial charge in [-0.2, -0.15) is 11.8 Å². The molecule has 1 aliphatic heterocycles. The highest BCUT2D eigenvalue weighted by Crippen LogP contribution is 2.26. The minimum absolute atomic E-state index is 0.0472. The smallest absolute Gasteiger partial charge is 0.271 e. The Morgan fingerprint density at radius 3 is 3.00 bits per heavy atom. The van der Waals surface area contributed by atoms with Gasteiger partial charge in [0.25, 0.3) is 11.6 Å². The van der Waals surface area contributed by atoms with Crippen LogP contribution in [0.4, 0.5) is 11.4 Å². The number of benzene rings is 1. The van der Waals surface area contributed by atoms with Gasteiger partial charge in [-0.1, -0.05) is 6.07 Å². The van der Waals surface area contributed by atoms with E-state index in [-0.39, 0.29) is 17.7 Å². The zero-order valence-corrected chi connectivity index (χ0v) is 14.4. The Balaban J connectivity index is 1.82. The van der Waals surface area contributed by atoms with Crippen molar-refractivity contribution < 1.29 is 14.5 Å². The molecule has 1 fully saturated rings. The Hall–Kier alpha value is -2.61. The normalized spacial score (nSPS) is 16.4. The van der Waals surface area contributed by atoms with Gasteiger partial charge in [-0.05, 0) is 36.8 Å². The van der Waals surface area contributed by atoms with E-state index in [0.717, 1.165) is 23.5 Å². The van der Waals surface area contributed by atoms with Gasteiger partial charge in [-0.25, -0.2) is 4.98 Å². The van der Waals surface area contributed by atoms with Crippen LogP contribution in [0.3, 0.4) is 0 Å². The maximum atomic E-state index is 12.6. The number of nitrogens with one attached hydrogen (secondary N) is 1. The van der Waals surface area contributed by atoms with E-state index in [2.05, 4.69) is 10.3 Å². The fourth-order valence-electron chi connectivity index (χ4n) is 2.47. The maximum Gasteiger partial charge on any atom is 0.271 e. The number of thioether (sulfide) groups is 1. The van der Waals surface area contributed by atoms with E-state index in [1.165, 1.54) is 12.1 Å². The zero-order chi connectivity index (χ0) is 17.8. The van der Waals surface area contributed by atoms with Gasteiger partial charge in [-0.3, -0.25) is 14.9 Å². The van der Waals surface area contributed by atoms with E-state index in [0.29, 0.717) is 11.3 Å². The number of rotatable bonds is 5. The van der Waals surface area contributed by atoms with Crippen LogP contribution < -0.4 is 10.1 Å². The van der Waals surface area contributed by atoms with Crippen LogP contribution in [-0.2, 0) is 0 Å². The lowest BCUT2D eigenvalue weighted by Gasteiger charge is -2.15. The van der Waals surface area contributed by atoms with Gasteiger partial charge < -0.3 is 10.1 Å². The molecule has 25 heavy (non-hydrogen) atoms. The molecular weight excluding hydrogens is 342 g/mol. The highest BCUT2D eigenvalue weighted by atomic mass is 32.2. The summed E-state index contributed by atoms with van der Waals surface area (Å²) in [6.07, 6.45) is 2.55. The first-order valence-electron chi connectivity index (χ1n) is 7.80. The van der Waals surface area contributed by atoms with E-state index < -0.39 is 10.8 Å². The Kier molecular flexibility index (Phi) is 5.18. The van der Waals surface area contributed by atoms with Crippen molar-refractivity contribution >= 4 is 29.0 Å². The van der Waals surface area contributed by atoms with Crippen LogP contribution >= 0.6 is 11.8 Å². The predicted octanol–water partition coefficient (Wildman–Crippen LogP) is 3.43. The summed E-state index contributed by atoms with van der Waals surface area (Å²) in [6, 6.07) is 7.64. The molecule has 0 aliphatic carbocycles. The lowest BCUT2D eigenvalue weighted by Crippen LogP contribution is -2.20. The monoisotopic (exact) mass is 359 g/mol. The van der Waals surface area contributed by atoms with Crippen molar-refractivity contribution in [3.8, 4) is 5.88 Å². The molecule has 0 bridgehead atoms. The summed E-state index contributed by atoms with van der Waals surface area (Å²) in [4.78, 5) is 27.2. The molecule has 1 aromatic carbocycles. The van der Waals surface area contributed by atoms with Gasteiger partial charge in [0.2, 0.25) is 5.88 Å². The van der Waals surface area contributed by atoms with Crippen LogP contribution in [0.5, 0.6) is 5.88 Å². The molecule has 7 nitrogen and oxygen atoms in total. The third-order valence-electron chi connectivity index (χ3n) is 3.86. The lowest BCUT2D eigenvalue weighted by molar-refractivity contribution is -0.384. The number of ether oxygens (including phenoxy) is 1. The van der Waals surface area contributed by atoms with E-state index >= 15 is 0 Å². The van der Waals surface area contributed by atoms with Crippen LogP contribution in [-0.4, -0.2) is 33.4 Å². The molecule has 130 valence electrons. The average molecular weight is 359 g/mol. The molecule has 0 saturated carbocycles. The fourth-order valence-corrected chi connectivity index (χ4v) is 3.56. The summed E-state index contributed by atoms with van der Waals surface area (Å²) in [5.74, 6) is 1.79. The molecule has 2 heterocycles. The van der Waals surface area contributed by atoms with Crippen LogP contribution in [0, 0.1) is 17.0 Å². The Morgan fingerprint density at radius 1 is 1.44 bits per heavy atom. The molecular formula is C17H17N3O4S. The minimum Gasteiger partial charge on any atom is -0.473 e. The third-order valence-corrected chi connectivity index (χ3v) is 4.99. The van der Waals surface area contributed by atoms with Crippen molar-refractivity contribution in [3.63, 3.8) is 0 Å². The summed E-state index contributed by atoms with van der Waals surface area (Å²) in [6.45, 7) is 1.77. The van der Waals surface area contributed by atoms with Gasteiger partial charge in [0.15, 0.2) is 0 Å². The first kappa shape index (κ1) is 17.2. The van der Waals surface area contributed by atoms with Crippen LogP contribution in [0.1, 0.15) is 22.3 Å².